The third kappa shape index (κ3) is 4.57. The summed E-state index contributed by atoms with van der Waals surface area (Å²) in [5, 5.41) is 3.13. The van der Waals surface area contributed by atoms with Gasteiger partial charge < -0.3 is 10.1 Å². The van der Waals surface area contributed by atoms with Crippen molar-refractivity contribution in [1.82, 2.24) is 5.32 Å². The van der Waals surface area contributed by atoms with Crippen molar-refractivity contribution in [2.45, 2.75) is 59.1 Å². The summed E-state index contributed by atoms with van der Waals surface area (Å²) in [5.41, 5.74) is 0.638. The van der Waals surface area contributed by atoms with Gasteiger partial charge in [0.2, 0.25) is 0 Å². The SMILES string of the molecule is CC(=O)c1ccc(O[C@H](C)C(=O)N[C@@H]2CCC[C@@H](C)[C@H]2C)cc1. The molecule has 1 saturated carbocycles. The summed E-state index contributed by atoms with van der Waals surface area (Å²) in [6.45, 7) is 7.74. The molecule has 0 unspecified atom stereocenters. The number of Topliss-reactive ketones (excluding diaryl/α,β-unsaturated/α-hetero) is 1. The summed E-state index contributed by atoms with van der Waals surface area (Å²) in [6, 6.07) is 7.12. The molecule has 1 aliphatic carbocycles. The average molecular weight is 317 g/mol. The molecule has 4 atom stereocenters. The summed E-state index contributed by atoms with van der Waals surface area (Å²) in [7, 11) is 0. The first kappa shape index (κ1) is 17.5. The fourth-order valence-corrected chi connectivity index (χ4v) is 3.11. The van der Waals surface area contributed by atoms with Crippen LogP contribution in [0.5, 0.6) is 5.75 Å². The van der Waals surface area contributed by atoms with E-state index in [9.17, 15) is 9.59 Å². The van der Waals surface area contributed by atoms with E-state index < -0.39 is 6.10 Å². The van der Waals surface area contributed by atoms with Gasteiger partial charge in [0.25, 0.3) is 5.91 Å². The summed E-state index contributed by atoms with van der Waals surface area (Å²) in [4.78, 5) is 23.6. The van der Waals surface area contributed by atoms with Crippen molar-refractivity contribution in [2.75, 3.05) is 0 Å². The molecule has 4 nitrogen and oxygen atoms in total. The summed E-state index contributed by atoms with van der Waals surface area (Å²) in [5.74, 6) is 1.68. The zero-order valence-electron chi connectivity index (χ0n) is 14.5. The molecule has 23 heavy (non-hydrogen) atoms. The smallest absolute Gasteiger partial charge is 0.261 e. The van der Waals surface area contributed by atoms with E-state index >= 15 is 0 Å². The maximum absolute atomic E-state index is 12.4. The van der Waals surface area contributed by atoms with Crippen LogP contribution in [0.2, 0.25) is 0 Å². The number of carbonyl (C=O) groups excluding carboxylic acids is 2. The van der Waals surface area contributed by atoms with Gasteiger partial charge in [0.05, 0.1) is 0 Å². The van der Waals surface area contributed by atoms with Gasteiger partial charge in [0.1, 0.15) is 5.75 Å². The van der Waals surface area contributed by atoms with Gasteiger partial charge in [-0.1, -0.05) is 26.7 Å². The molecule has 1 aliphatic rings. The van der Waals surface area contributed by atoms with Crippen molar-refractivity contribution in [3.05, 3.63) is 29.8 Å². The number of amides is 1. The van der Waals surface area contributed by atoms with Crippen LogP contribution in [0.1, 0.15) is 57.3 Å². The van der Waals surface area contributed by atoms with E-state index in [0.29, 0.717) is 23.1 Å². The topological polar surface area (TPSA) is 55.4 Å². The number of benzene rings is 1. The van der Waals surface area contributed by atoms with Crippen LogP contribution in [-0.4, -0.2) is 23.8 Å². The van der Waals surface area contributed by atoms with Gasteiger partial charge in [0.15, 0.2) is 11.9 Å². The van der Waals surface area contributed by atoms with Gasteiger partial charge >= 0.3 is 0 Å². The van der Waals surface area contributed by atoms with Crippen molar-refractivity contribution in [3.63, 3.8) is 0 Å². The first-order valence-corrected chi connectivity index (χ1v) is 8.46. The zero-order valence-corrected chi connectivity index (χ0v) is 14.5. The highest BCUT2D eigenvalue weighted by Gasteiger charge is 2.29. The van der Waals surface area contributed by atoms with Crippen molar-refractivity contribution in [3.8, 4) is 5.75 Å². The molecule has 0 bridgehead atoms. The second-order valence-corrected chi connectivity index (χ2v) is 6.72. The molecule has 1 N–H and O–H groups in total. The van der Waals surface area contributed by atoms with Crippen molar-refractivity contribution in [1.29, 1.82) is 0 Å². The number of ether oxygens (including phenoxy) is 1. The van der Waals surface area contributed by atoms with Crippen LogP contribution < -0.4 is 10.1 Å². The molecule has 0 spiro atoms. The summed E-state index contributed by atoms with van der Waals surface area (Å²) < 4.78 is 5.69. The van der Waals surface area contributed by atoms with Gasteiger partial charge in [0, 0.05) is 11.6 Å². The Morgan fingerprint density at radius 2 is 1.83 bits per heavy atom. The quantitative estimate of drug-likeness (QED) is 0.844. The largest absolute Gasteiger partial charge is 0.481 e. The molecule has 1 aromatic carbocycles. The third-order valence-electron chi connectivity index (χ3n) is 4.98. The fourth-order valence-electron chi connectivity index (χ4n) is 3.11. The molecule has 1 aromatic rings. The van der Waals surface area contributed by atoms with Crippen LogP contribution in [-0.2, 0) is 4.79 Å². The Morgan fingerprint density at radius 1 is 1.17 bits per heavy atom. The van der Waals surface area contributed by atoms with Gasteiger partial charge in [-0.3, -0.25) is 9.59 Å². The van der Waals surface area contributed by atoms with Gasteiger partial charge in [-0.25, -0.2) is 0 Å². The molecule has 1 fully saturated rings. The minimum Gasteiger partial charge on any atom is -0.481 e. The lowest BCUT2D eigenvalue weighted by Gasteiger charge is -2.35. The Morgan fingerprint density at radius 3 is 2.43 bits per heavy atom. The van der Waals surface area contributed by atoms with Gasteiger partial charge in [-0.05, 0) is 56.4 Å². The van der Waals surface area contributed by atoms with Crippen molar-refractivity contribution < 1.29 is 14.3 Å². The Labute approximate surface area is 138 Å². The number of hydrogen-bond acceptors (Lipinski definition) is 3. The van der Waals surface area contributed by atoms with Crippen LogP contribution in [0, 0.1) is 11.8 Å². The average Bonchev–Trinajstić information content (AvgIpc) is 2.52. The highest BCUT2D eigenvalue weighted by atomic mass is 16.5. The fraction of sp³-hybridized carbons (Fsp3) is 0.579. The molecule has 2 rings (SSSR count). The van der Waals surface area contributed by atoms with E-state index in [2.05, 4.69) is 19.2 Å². The highest BCUT2D eigenvalue weighted by Crippen LogP contribution is 2.29. The van der Waals surface area contributed by atoms with Crippen molar-refractivity contribution >= 4 is 11.7 Å². The van der Waals surface area contributed by atoms with Crippen LogP contribution in [0.15, 0.2) is 24.3 Å². The van der Waals surface area contributed by atoms with Crippen molar-refractivity contribution in [2.24, 2.45) is 11.8 Å². The summed E-state index contributed by atoms with van der Waals surface area (Å²) >= 11 is 0. The standard InChI is InChI=1S/C19H27NO3/c1-12-6-5-7-18(13(12)2)20-19(22)15(4)23-17-10-8-16(9-11-17)14(3)21/h8-13,15,18H,5-7H2,1-4H3,(H,20,22)/t12-,13-,15-,18-/m1/s1. The Kier molecular flexibility index (Phi) is 5.80. The van der Waals surface area contributed by atoms with E-state index in [1.54, 1.807) is 31.2 Å². The predicted molar refractivity (Wildman–Crippen MR) is 90.6 cm³/mol. The lowest BCUT2D eigenvalue weighted by atomic mass is 9.78. The lowest BCUT2D eigenvalue weighted by molar-refractivity contribution is -0.128. The minimum atomic E-state index is -0.553. The monoisotopic (exact) mass is 317 g/mol. The highest BCUT2D eigenvalue weighted by molar-refractivity contribution is 5.94. The third-order valence-corrected chi connectivity index (χ3v) is 4.98. The number of rotatable bonds is 5. The van der Waals surface area contributed by atoms with Crippen LogP contribution in [0.3, 0.4) is 0 Å². The molecule has 126 valence electrons. The molecule has 0 saturated heterocycles. The lowest BCUT2D eigenvalue weighted by Crippen LogP contribution is -2.48. The molecule has 1 amide bonds. The van der Waals surface area contributed by atoms with Crippen LogP contribution >= 0.6 is 0 Å². The molecule has 0 aromatic heterocycles. The first-order chi connectivity index (χ1) is 10.9. The first-order valence-electron chi connectivity index (χ1n) is 8.46. The van der Waals surface area contributed by atoms with E-state index in [1.165, 1.54) is 13.3 Å². The van der Waals surface area contributed by atoms with E-state index in [-0.39, 0.29) is 17.7 Å². The second-order valence-electron chi connectivity index (χ2n) is 6.72. The molecule has 4 heteroatoms. The Hall–Kier alpha value is -1.84. The van der Waals surface area contributed by atoms with Gasteiger partial charge in [-0.2, -0.15) is 0 Å². The van der Waals surface area contributed by atoms with Crippen LogP contribution in [0.25, 0.3) is 0 Å². The number of carbonyl (C=O) groups is 2. The minimum absolute atomic E-state index is 0.0164. The molecule has 0 aliphatic heterocycles. The molecular formula is C19H27NO3. The van der Waals surface area contributed by atoms with E-state index in [4.69, 9.17) is 4.74 Å². The number of nitrogens with one attached hydrogen (secondary N) is 1. The summed E-state index contributed by atoms with van der Waals surface area (Å²) in [6.07, 6.45) is 2.89. The Balaban J connectivity index is 1.90. The van der Waals surface area contributed by atoms with E-state index in [0.717, 1.165) is 12.8 Å². The number of ketones is 1. The maximum atomic E-state index is 12.4. The normalized spacial score (nSPS) is 25.5. The molecular weight excluding hydrogens is 290 g/mol. The number of hydrogen-bond donors (Lipinski definition) is 1. The van der Waals surface area contributed by atoms with Crippen LogP contribution in [0.4, 0.5) is 0 Å². The second kappa shape index (κ2) is 7.62. The predicted octanol–water partition coefficient (Wildman–Crippen LogP) is 3.60. The zero-order chi connectivity index (χ0) is 17.0. The molecule has 0 heterocycles. The van der Waals surface area contributed by atoms with Gasteiger partial charge in [-0.15, -0.1) is 0 Å². The molecule has 0 radical (unpaired) electrons. The Bertz CT molecular complexity index is 552. The van der Waals surface area contributed by atoms with E-state index in [1.807, 2.05) is 0 Å². The maximum Gasteiger partial charge on any atom is 0.261 e.